The van der Waals surface area contributed by atoms with Crippen molar-refractivity contribution < 1.29 is 23.8 Å². The Balaban J connectivity index is 1.89. The van der Waals surface area contributed by atoms with Gasteiger partial charge in [0, 0.05) is 0 Å². The maximum atomic E-state index is 12.4. The van der Waals surface area contributed by atoms with Crippen LogP contribution in [-0.2, 0) is 14.3 Å². The van der Waals surface area contributed by atoms with Crippen molar-refractivity contribution in [2.75, 3.05) is 19.0 Å². The number of ether oxygens (including phenoxy) is 3. The molecular weight excluding hydrogens is 370 g/mol. The number of esters is 1. The summed E-state index contributed by atoms with van der Waals surface area (Å²) in [6.07, 6.45) is -0.971. The van der Waals surface area contributed by atoms with Gasteiger partial charge >= 0.3 is 5.97 Å². The maximum Gasteiger partial charge on any atom is 0.344 e. The molecule has 0 radical (unpaired) electrons. The van der Waals surface area contributed by atoms with Gasteiger partial charge in [-0.3, -0.25) is 4.79 Å². The van der Waals surface area contributed by atoms with Gasteiger partial charge in [0.2, 0.25) is 0 Å². The van der Waals surface area contributed by atoms with E-state index in [0.717, 1.165) is 11.1 Å². The Labute approximate surface area is 172 Å². The van der Waals surface area contributed by atoms with Crippen LogP contribution in [0.4, 0.5) is 5.69 Å². The van der Waals surface area contributed by atoms with Crippen LogP contribution in [0.1, 0.15) is 43.4 Å². The van der Waals surface area contributed by atoms with Gasteiger partial charge < -0.3 is 19.5 Å². The molecule has 29 heavy (non-hydrogen) atoms. The summed E-state index contributed by atoms with van der Waals surface area (Å²) in [5.74, 6) is 0.478. The number of carbonyl (C=O) groups is 2. The number of methoxy groups -OCH3 is 1. The second-order valence-electron chi connectivity index (χ2n) is 7.29. The summed E-state index contributed by atoms with van der Waals surface area (Å²) in [7, 11) is 1.52. The fourth-order valence-electron chi connectivity index (χ4n) is 2.97. The molecule has 0 spiro atoms. The first-order valence-corrected chi connectivity index (χ1v) is 9.59. The molecule has 0 heterocycles. The molecule has 0 aliphatic carbocycles. The zero-order valence-corrected chi connectivity index (χ0v) is 17.9. The van der Waals surface area contributed by atoms with Gasteiger partial charge in [0.05, 0.1) is 12.8 Å². The van der Waals surface area contributed by atoms with Crippen molar-refractivity contribution in [2.24, 2.45) is 0 Å². The number of amides is 1. The summed E-state index contributed by atoms with van der Waals surface area (Å²) in [6.45, 7) is 9.40. The highest BCUT2D eigenvalue weighted by atomic mass is 16.6. The van der Waals surface area contributed by atoms with Crippen molar-refractivity contribution in [3.63, 3.8) is 0 Å². The van der Waals surface area contributed by atoms with Gasteiger partial charge in [0.25, 0.3) is 5.91 Å². The fourth-order valence-corrected chi connectivity index (χ4v) is 2.97. The minimum Gasteiger partial charge on any atom is -0.495 e. The third-order valence-electron chi connectivity index (χ3n) is 4.51. The normalized spacial score (nSPS) is 11.7. The van der Waals surface area contributed by atoms with E-state index in [2.05, 4.69) is 19.2 Å². The van der Waals surface area contributed by atoms with Crippen LogP contribution in [0.15, 0.2) is 36.4 Å². The van der Waals surface area contributed by atoms with Crippen molar-refractivity contribution >= 4 is 17.6 Å². The van der Waals surface area contributed by atoms with Gasteiger partial charge in [-0.2, -0.15) is 0 Å². The van der Waals surface area contributed by atoms with Crippen molar-refractivity contribution in [3.05, 3.63) is 53.1 Å². The molecule has 2 aromatic rings. The second kappa shape index (κ2) is 9.96. The van der Waals surface area contributed by atoms with Crippen LogP contribution in [0.3, 0.4) is 0 Å². The van der Waals surface area contributed by atoms with Crippen LogP contribution >= 0.6 is 0 Å². The molecule has 0 bridgehead atoms. The number of benzene rings is 2. The minimum atomic E-state index is -0.971. The van der Waals surface area contributed by atoms with E-state index in [9.17, 15) is 9.59 Å². The Hall–Kier alpha value is -3.02. The van der Waals surface area contributed by atoms with Gasteiger partial charge in [-0.15, -0.1) is 0 Å². The maximum absolute atomic E-state index is 12.4. The standard InChI is InChI=1S/C23H29NO5/c1-14(2)19-9-8-18(12-16(19)4)28-13-22(25)29-17(5)23(26)24-20-11-15(3)7-10-21(20)27-6/h7-12,14,17H,13H2,1-6H3,(H,24,26)/t17-/m1/s1. The summed E-state index contributed by atoms with van der Waals surface area (Å²) < 4.78 is 15.9. The first-order chi connectivity index (χ1) is 13.7. The zero-order valence-electron chi connectivity index (χ0n) is 17.9. The fraction of sp³-hybridized carbons (Fsp3) is 0.391. The molecule has 2 aromatic carbocycles. The third kappa shape index (κ3) is 6.24. The minimum absolute atomic E-state index is 0.272. The van der Waals surface area contributed by atoms with Crippen LogP contribution in [-0.4, -0.2) is 31.7 Å². The summed E-state index contributed by atoms with van der Waals surface area (Å²) in [4.78, 5) is 24.4. The highest BCUT2D eigenvalue weighted by Gasteiger charge is 2.20. The molecule has 6 nitrogen and oxygen atoms in total. The summed E-state index contributed by atoms with van der Waals surface area (Å²) in [5, 5.41) is 2.72. The summed E-state index contributed by atoms with van der Waals surface area (Å²) in [5.41, 5.74) is 3.83. The Morgan fingerprint density at radius 2 is 1.76 bits per heavy atom. The Kier molecular flexibility index (Phi) is 7.65. The van der Waals surface area contributed by atoms with E-state index in [-0.39, 0.29) is 6.61 Å². The molecule has 0 aliphatic rings. The first kappa shape index (κ1) is 22.3. The second-order valence-corrected chi connectivity index (χ2v) is 7.29. The molecule has 2 rings (SSSR count). The Morgan fingerprint density at radius 1 is 1.03 bits per heavy atom. The molecule has 1 amide bonds. The number of hydrogen-bond acceptors (Lipinski definition) is 5. The number of aryl methyl sites for hydroxylation is 2. The van der Waals surface area contributed by atoms with Gasteiger partial charge in [-0.05, 0) is 67.6 Å². The lowest BCUT2D eigenvalue weighted by molar-refractivity contribution is -0.155. The highest BCUT2D eigenvalue weighted by Crippen LogP contribution is 2.26. The number of nitrogens with one attached hydrogen (secondary N) is 1. The Morgan fingerprint density at radius 3 is 2.38 bits per heavy atom. The summed E-state index contributed by atoms with van der Waals surface area (Å²) in [6, 6.07) is 11.1. The molecule has 0 fully saturated rings. The summed E-state index contributed by atoms with van der Waals surface area (Å²) >= 11 is 0. The van der Waals surface area contributed by atoms with E-state index in [1.54, 1.807) is 12.1 Å². The van der Waals surface area contributed by atoms with Crippen molar-refractivity contribution in [2.45, 2.75) is 46.6 Å². The van der Waals surface area contributed by atoms with Crippen LogP contribution < -0.4 is 14.8 Å². The van der Waals surface area contributed by atoms with Gasteiger partial charge in [0.1, 0.15) is 11.5 Å². The molecule has 1 N–H and O–H groups in total. The predicted molar refractivity (Wildman–Crippen MR) is 113 cm³/mol. The molecular formula is C23H29NO5. The van der Waals surface area contributed by atoms with Gasteiger partial charge in [-0.1, -0.05) is 26.0 Å². The first-order valence-electron chi connectivity index (χ1n) is 9.59. The van der Waals surface area contributed by atoms with Crippen molar-refractivity contribution in [1.29, 1.82) is 0 Å². The number of anilines is 1. The van der Waals surface area contributed by atoms with Crippen LogP contribution in [0, 0.1) is 13.8 Å². The highest BCUT2D eigenvalue weighted by molar-refractivity contribution is 5.96. The van der Waals surface area contributed by atoms with E-state index in [0.29, 0.717) is 23.1 Å². The van der Waals surface area contributed by atoms with Crippen LogP contribution in [0.2, 0.25) is 0 Å². The third-order valence-corrected chi connectivity index (χ3v) is 4.51. The molecule has 1 atom stereocenters. The van der Waals surface area contributed by atoms with Crippen LogP contribution in [0.25, 0.3) is 0 Å². The van der Waals surface area contributed by atoms with Gasteiger partial charge in [-0.25, -0.2) is 4.79 Å². The lowest BCUT2D eigenvalue weighted by atomic mass is 9.98. The average molecular weight is 399 g/mol. The zero-order chi connectivity index (χ0) is 21.6. The molecule has 156 valence electrons. The van der Waals surface area contributed by atoms with Crippen molar-refractivity contribution in [1.82, 2.24) is 0 Å². The van der Waals surface area contributed by atoms with Crippen molar-refractivity contribution in [3.8, 4) is 11.5 Å². The largest absolute Gasteiger partial charge is 0.495 e. The van der Waals surface area contributed by atoms with Gasteiger partial charge in [0.15, 0.2) is 12.7 Å². The van der Waals surface area contributed by atoms with E-state index in [4.69, 9.17) is 14.2 Å². The molecule has 0 aliphatic heterocycles. The molecule has 0 unspecified atom stereocenters. The van der Waals surface area contributed by atoms with E-state index >= 15 is 0 Å². The lowest BCUT2D eigenvalue weighted by Gasteiger charge is -2.16. The van der Waals surface area contributed by atoms with E-state index < -0.39 is 18.0 Å². The smallest absolute Gasteiger partial charge is 0.344 e. The average Bonchev–Trinajstić information content (AvgIpc) is 2.66. The molecule has 6 heteroatoms. The predicted octanol–water partition coefficient (Wildman–Crippen LogP) is 4.38. The SMILES string of the molecule is COc1ccc(C)cc1NC(=O)[C@@H](C)OC(=O)COc1ccc(C(C)C)c(C)c1. The Bertz CT molecular complexity index is 876. The number of rotatable bonds is 8. The number of hydrogen-bond donors (Lipinski definition) is 1. The topological polar surface area (TPSA) is 73.9 Å². The van der Waals surface area contributed by atoms with Crippen LogP contribution in [0.5, 0.6) is 11.5 Å². The molecule has 0 aromatic heterocycles. The van der Waals surface area contributed by atoms with E-state index in [1.165, 1.54) is 19.6 Å². The van der Waals surface area contributed by atoms with E-state index in [1.807, 2.05) is 38.1 Å². The molecule has 0 saturated carbocycles. The lowest BCUT2D eigenvalue weighted by Crippen LogP contribution is -2.31. The molecule has 0 saturated heterocycles. The quantitative estimate of drug-likeness (QED) is 0.667. The monoisotopic (exact) mass is 399 g/mol. The number of carbonyl (C=O) groups excluding carboxylic acids is 2.